The number of rotatable bonds is 6. The molecule has 0 aromatic heterocycles. The van der Waals surface area contributed by atoms with Crippen molar-refractivity contribution in [2.24, 2.45) is 5.92 Å². The fourth-order valence-electron chi connectivity index (χ4n) is 4.37. The molecule has 0 spiro atoms. The van der Waals surface area contributed by atoms with E-state index in [2.05, 4.69) is 6.92 Å². The van der Waals surface area contributed by atoms with E-state index in [1.807, 2.05) is 37.3 Å². The highest BCUT2D eigenvalue weighted by Gasteiger charge is 2.25. The van der Waals surface area contributed by atoms with Crippen LogP contribution in [0.5, 0.6) is 0 Å². The van der Waals surface area contributed by atoms with Crippen molar-refractivity contribution < 1.29 is 9.18 Å². The molecule has 26 heavy (non-hydrogen) atoms. The van der Waals surface area contributed by atoms with E-state index in [1.165, 1.54) is 31.7 Å². The first kappa shape index (κ1) is 18.8. The molecular formula is C24H29FO. The van der Waals surface area contributed by atoms with Crippen molar-refractivity contribution in [3.8, 4) is 11.1 Å². The standard InChI is InChI=1S/C24H29FO/c1-3-7-17-10-12-18(13-11-17)22-16-19(24(26)4-2)14-15-20(22)21-8-5-6-9-23(21)25/h5-6,8-9,14-18H,3-4,7,10-13H2,1-2H3/t17-,18-. The number of halogens is 1. The smallest absolute Gasteiger partial charge is 0.162 e. The molecular weight excluding hydrogens is 323 g/mol. The molecule has 1 aliphatic carbocycles. The fraction of sp³-hybridized carbons (Fsp3) is 0.458. The van der Waals surface area contributed by atoms with Crippen LogP contribution in [0.2, 0.25) is 0 Å². The van der Waals surface area contributed by atoms with Crippen LogP contribution in [0.1, 0.15) is 80.6 Å². The summed E-state index contributed by atoms with van der Waals surface area (Å²) in [7, 11) is 0. The second kappa shape index (κ2) is 8.62. The molecule has 0 saturated heterocycles. The largest absolute Gasteiger partial charge is 0.294 e. The van der Waals surface area contributed by atoms with Gasteiger partial charge in [-0.15, -0.1) is 0 Å². The van der Waals surface area contributed by atoms with E-state index >= 15 is 0 Å². The molecule has 1 saturated carbocycles. The Labute approximate surface area is 156 Å². The van der Waals surface area contributed by atoms with Crippen LogP contribution in [0.3, 0.4) is 0 Å². The first-order valence-corrected chi connectivity index (χ1v) is 10.1. The van der Waals surface area contributed by atoms with E-state index in [0.717, 1.165) is 35.4 Å². The van der Waals surface area contributed by atoms with Crippen molar-refractivity contribution in [1.82, 2.24) is 0 Å². The Kier molecular flexibility index (Phi) is 6.24. The minimum absolute atomic E-state index is 0.158. The van der Waals surface area contributed by atoms with Gasteiger partial charge in [0.2, 0.25) is 0 Å². The first-order chi connectivity index (χ1) is 12.6. The predicted molar refractivity (Wildman–Crippen MR) is 106 cm³/mol. The lowest BCUT2D eigenvalue weighted by Crippen LogP contribution is -2.14. The Bertz CT molecular complexity index is 757. The van der Waals surface area contributed by atoms with Crippen LogP contribution in [0.15, 0.2) is 42.5 Å². The van der Waals surface area contributed by atoms with E-state index in [0.29, 0.717) is 17.9 Å². The summed E-state index contributed by atoms with van der Waals surface area (Å²) in [4.78, 5) is 12.2. The maximum Gasteiger partial charge on any atom is 0.162 e. The highest BCUT2D eigenvalue weighted by Crippen LogP contribution is 2.42. The van der Waals surface area contributed by atoms with Gasteiger partial charge < -0.3 is 0 Å². The van der Waals surface area contributed by atoms with E-state index in [-0.39, 0.29) is 11.6 Å². The molecule has 1 nitrogen and oxygen atoms in total. The van der Waals surface area contributed by atoms with Gasteiger partial charge in [-0.25, -0.2) is 4.39 Å². The number of hydrogen-bond acceptors (Lipinski definition) is 1. The second-order valence-electron chi connectivity index (χ2n) is 7.56. The predicted octanol–water partition coefficient (Wildman–Crippen LogP) is 7.16. The molecule has 138 valence electrons. The van der Waals surface area contributed by atoms with Crippen LogP contribution >= 0.6 is 0 Å². The summed E-state index contributed by atoms with van der Waals surface area (Å²) >= 11 is 0. The van der Waals surface area contributed by atoms with E-state index < -0.39 is 0 Å². The summed E-state index contributed by atoms with van der Waals surface area (Å²) in [6.45, 7) is 4.14. The molecule has 0 radical (unpaired) electrons. The average molecular weight is 352 g/mol. The van der Waals surface area contributed by atoms with Crippen LogP contribution in [0.25, 0.3) is 11.1 Å². The lowest BCUT2D eigenvalue weighted by atomic mass is 9.75. The van der Waals surface area contributed by atoms with Gasteiger partial charge in [-0.3, -0.25) is 4.79 Å². The summed E-state index contributed by atoms with van der Waals surface area (Å²) in [5, 5.41) is 0. The Morgan fingerprint density at radius 1 is 1.00 bits per heavy atom. The Morgan fingerprint density at radius 2 is 1.73 bits per heavy atom. The molecule has 0 heterocycles. The lowest BCUT2D eigenvalue weighted by Gasteiger charge is -2.30. The highest BCUT2D eigenvalue weighted by molar-refractivity contribution is 5.96. The van der Waals surface area contributed by atoms with Crippen molar-refractivity contribution in [2.45, 2.75) is 64.7 Å². The molecule has 2 heteroatoms. The molecule has 0 unspecified atom stereocenters. The molecule has 1 fully saturated rings. The topological polar surface area (TPSA) is 17.1 Å². The molecule has 1 aliphatic rings. The summed E-state index contributed by atoms with van der Waals surface area (Å²) in [5.74, 6) is 1.21. The van der Waals surface area contributed by atoms with Gasteiger partial charge in [0.25, 0.3) is 0 Å². The zero-order chi connectivity index (χ0) is 18.5. The zero-order valence-electron chi connectivity index (χ0n) is 15.9. The number of ketones is 1. The summed E-state index contributed by atoms with van der Waals surface area (Å²) < 4.78 is 14.4. The van der Waals surface area contributed by atoms with Gasteiger partial charge >= 0.3 is 0 Å². The Balaban J connectivity index is 1.98. The van der Waals surface area contributed by atoms with Gasteiger partial charge in [0.1, 0.15) is 5.82 Å². The molecule has 3 rings (SSSR count). The maximum atomic E-state index is 14.4. The van der Waals surface area contributed by atoms with Gasteiger partial charge in [0.05, 0.1) is 0 Å². The minimum atomic E-state index is -0.192. The van der Waals surface area contributed by atoms with Crippen LogP contribution in [0, 0.1) is 11.7 Å². The fourth-order valence-corrected chi connectivity index (χ4v) is 4.37. The van der Waals surface area contributed by atoms with Crippen LogP contribution in [-0.4, -0.2) is 5.78 Å². The van der Waals surface area contributed by atoms with Crippen molar-refractivity contribution in [3.05, 3.63) is 59.4 Å². The quantitative estimate of drug-likeness (QED) is 0.504. The Hall–Kier alpha value is -1.96. The van der Waals surface area contributed by atoms with Crippen molar-refractivity contribution in [3.63, 3.8) is 0 Å². The number of carbonyl (C=O) groups excluding carboxylic acids is 1. The Morgan fingerprint density at radius 3 is 2.38 bits per heavy atom. The number of Topliss-reactive ketones (excluding diaryl/α,β-unsaturated/α-hetero) is 1. The average Bonchev–Trinajstić information content (AvgIpc) is 2.68. The highest BCUT2D eigenvalue weighted by atomic mass is 19.1. The lowest BCUT2D eigenvalue weighted by molar-refractivity contribution is 0.0988. The third-order valence-corrected chi connectivity index (χ3v) is 5.84. The van der Waals surface area contributed by atoms with Gasteiger partial charge in [-0.2, -0.15) is 0 Å². The molecule has 0 bridgehead atoms. The minimum Gasteiger partial charge on any atom is -0.294 e. The van der Waals surface area contributed by atoms with Crippen LogP contribution in [-0.2, 0) is 0 Å². The van der Waals surface area contributed by atoms with Crippen LogP contribution < -0.4 is 0 Å². The second-order valence-corrected chi connectivity index (χ2v) is 7.56. The normalized spacial score (nSPS) is 20.1. The third kappa shape index (κ3) is 4.06. The SMILES string of the molecule is CCC[C@H]1CC[C@H](c2cc(C(=O)CC)ccc2-c2ccccc2F)CC1. The molecule has 0 aliphatic heterocycles. The van der Waals surface area contributed by atoms with E-state index in [4.69, 9.17) is 0 Å². The molecule has 2 aromatic rings. The van der Waals surface area contributed by atoms with Crippen molar-refractivity contribution in [1.29, 1.82) is 0 Å². The number of hydrogen-bond donors (Lipinski definition) is 0. The van der Waals surface area contributed by atoms with Gasteiger partial charge in [-0.1, -0.05) is 57.0 Å². The molecule has 2 aromatic carbocycles. The molecule has 0 atom stereocenters. The summed E-state index contributed by atoms with van der Waals surface area (Å²) in [6.07, 6.45) is 7.80. The van der Waals surface area contributed by atoms with Gasteiger partial charge in [-0.05, 0) is 60.8 Å². The number of carbonyl (C=O) groups is 1. The zero-order valence-corrected chi connectivity index (χ0v) is 15.9. The molecule has 0 amide bonds. The van der Waals surface area contributed by atoms with Crippen molar-refractivity contribution >= 4 is 5.78 Å². The van der Waals surface area contributed by atoms with Gasteiger partial charge in [0, 0.05) is 17.5 Å². The van der Waals surface area contributed by atoms with Gasteiger partial charge in [0.15, 0.2) is 5.78 Å². The summed E-state index contributed by atoms with van der Waals surface area (Å²) in [5.41, 5.74) is 3.52. The summed E-state index contributed by atoms with van der Waals surface area (Å²) in [6, 6.07) is 12.8. The van der Waals surface area contributed by atoms with E-state index in [1.54, 1.807) is 6.07 Å². The molecule has 0 N–H and O–H groups in total. The monoisotopic (exact) mass is 352 g/mol. The van der Waals surface area contributed by atoms with E-state index in [9.17, 15) is 9.18 Å². The third-order valence-electron chi connectivity index (χ3n) is 5.84. The van der Waals surface area contributed by atoms with Crippen molar-refractivity contribution in [2.75, 3.05) is 0 Å². The first-order valence-electron chi connectivity index (χ1n) is 10.1. The maximum absolute atomic E-state index is 14.4. The van der Waals surface area contributed by atoms with Crippen LogP contribution in [0.4, 0.5) is 4.39 Å². The number of benzene rings is 2.